The summed E-state index contributed by atoms with van der Waals surface area (Å²) in [6, 6.07) is 16.9. The normalized spacial score (nSPS) is 16.5. The number of likely N-dealkylation sites (tertiary alicyclic amines) is 1. The molecule has 1 aliphatic rings. The molecule has 1 saturated heterocycles. The number of benzene rings is 2. The number of carbonyl (C=O) groups excluding carboxylic acids is 1. The zero-order valence-corrected chi connectivity index (χ0v) is 20.8. The van der Waals surface area contributed by atoms with Crippen LogP contribution in [0.1, 0.15) is 51.6 Å². The SMILES string of the molecule is CC(C)(C)[Si](C)(C)OCC(F)(F)CC(c1ccc(-c2ccccc2)cc1)N1CCCC1=O. The maximum atomic E-state index is 15.2. The van der Waals surface area contributed by atoms with Crippen LogP contribution in [0.2, 0.25) is 18.1 Å². The summed E-state index contributed by atoms with van der Waals surface area (Å²) >= 11 is 0. The Bertz CT molecular complexity index is 908. The predicted octanol–water partition coefficient (Wildman–Crippen LogP) is 7.06. The van der Waals surface area contributed by atoms with E-state index in [9.17, 15) is 4.79 Å². The molecule has 3 rings (SSSR count). The highest BCUT2D eigenvalue weighted by Crippen LogP contribution is 2.40. The molecule has 0 N–H and O–H groups in total. The van der Waals surface area contributed by atoms with E-state index in [4.69, 9.17) is 4.43 Å². The quantitative estimate of drug-likeness (QED) is 0.395. The Labute approximate surface area is 191 Å². The number of alkyl halides is 2. The Hall–Kier alpha value is -2.05. The molecule has 174 valence electrons. The lowest BCUT2D eigenvalue weighted by molar-refractivity contribution is -0.132. The molecule has 1 amide bonds. The van der Waals surface area contributed by atoms with Crippen molar-refractivity contribution in [1.82, 2.24) is 4.90 Å². The van der Waals surface area contributed by atoms with Gasteiger partial charge in [0.25, 0.3) is 5.92 Å². The molecular weight excluding hydrogens is 424 g/mol. The summed E-state index contributed by atoms with van der Waals surface area (Å²) in [6.07, 6.45) is 0.701. The predicted molar refractivity (Wildman–Crippen MR) is 128 cm³/mol. The highest BCUT2D eigenvalue weighted by Gasteiger charge is 2.43. The van der Waals surface area contributed by atoms with Crippen molar-refractivity contribution >= 4 is 14.2 Å². The molecule has 2 aromatic carbocycles. The fourth-order valence-electron chi connectivity index (χ4n) is 3.78. The monoisotopic (exact) mass is 459 g/mol. The van der Waals surface area contributed by atoms with Gasteiger partial charge in [-0.15, -0.1) is 0 Å². The Morgan fingerprint density at radius 2 is 1.59 bits per heavy atom. The van der Waals surface area contributed by atoms with Crippen LogP contribution in [-0.4, -0.2) is 38.2 Å². The molecule has 0 saturated carbocycles. The van der Waals surface area contributed by atoms with E-state index >= 15 is 8.78 Å². The third-order valence-corrected chi connectivity index (χ3v) is 11.3. The van der Waals surface area contributed by atoms with Crippen molar-refractivity contribution in [3.05, 3.63) is 60.2 Å². The molecular formula is C26H35F2NO2Si. The van der Waals surface area contributed by atoms with Crippen molar-refractivity contribution in [2.24, 2.45) is 0 Å². The van der Waals surface area contributed by atoms with Crippen molar-refractivity contribution in [3.63, 3.8) is 0 Å². The molecule has 0 spiro atoms. The molecule has 1 atom stereocenters. The van der Waals surface area contributed by atoms with E-state index in [2.05, 4.69) is 0 Å². The van der Waals surface area contributed by atoms with Crippen LogP contribution in [-0.2, 0) is 9.22 Å². The van der Waals surface area contributed by atoms with Gasteiger partial charge in [-0.3, -0.25) is 4.79 Å². The van der Waals surface area contributed by atoms with Crippen LogP contribution in [0.25, 0.3) is 11.1 Å². The zero-order valence-electron chi connectivity index (χ0n) is 19.8. The molecule has 0 aromatic heterocycles. The molecule has 0 radical (unpaired) electrons. The van der Waals surface area contributed by atoms with Gasteiger partial charge in [-0.2, -0.15) is 0 Å². The lowest BCUT2D eigenvalue weighted by atomic mass is 9.96. The van der Waals surface area contributed by atoms with Gasteiger partial charge in [0, 0.05) is 19.4 Å². The first-order valence-corrected chi connectivity index (χ1v) is 14.3. The van der Waals surface area contributed by atoms with Gasteiger partial charge in [-0.05, 0) is 41.2 Å². The molecule has 1 aliphatic heterocycles. The Kier molecular flexibility index (Phi) is 7.25. The minimum Gasteiger partial charge on any atom is -0.411 e. The van der Waals surface area contributed by atoms with E-state index in [-0.39, 0.29) is 10.9 Å². The van der Waals surface area contributed by atoms with E-state index in [1.807, 2.05) is 88.5 Å². The van der Waals surface area contributed by atoms with Crippen molar-refractivity contribution in [2.45, 2.75) is 70.1 Å². The minimum atomic E-state index is -3.03. The fourth-order valence-corrected chi connectivity index (χ4v) is 4.78. The van der Waals surface area contributed by atoms with Gasteiger partial charge >= 0.3 is 0 Å². The number of hydrogen-bond acceptors (Lipinski definition) is 2. The summed E-state index contributed by atoms with van der Waals surface area (Å²) in [6.45, 7) is 9.99. The summed E-state index contributed by atoms with van der Waals surface area (Å²) in [4.78, 5) is 14.1. The summed E-state index contributed by atoms with van der Waals surface area (Å²) in [5, 5.41) is -0.138. The second-order valence-corrected chi connectivity index (χ2v) is 15.1. The largest absolute Gasteiger partial charge is 0.411 e. The van der Waals surface area contributed by atoms with Gasteiger partial charge < -0.3 is 9.33 Å². The molecule has 0 aliphatic carbocycles. The molecule has 1 unspecified atom stereocenters. The highest BCUT2D eigenvalue weighted by molar-refractivity contribution is 6.74. The number of nitrogens with zero attached hydrogens (tertiary/aromatic N) is 1. The Morgan fingerprint density at radius 3 is 2.12 bits per heavy atom. The van der Waals surface area contributed by atoms with Gasteiger partial charge in [-0.25, -0.2) is 8.78 Å². The molecule has 6 heteroatoms. The Balaban J connectivity index is 1.81. The number of amides is 1. The number of hydrogen-bond donors (Lipinski definition) is 0. The van der Waals surface area contributed by atoms with E-state index in [1.54, 1.807) is 4.90 Å². The highest BCUT2D eigenvalue weighted by atomic mass is 28.4. The summed E-state index contributed by atoms with van der Waals surface area (Å²) in [7, 11) is -2.30. The van der Waals surface area contributed by atoms with Gasteiger partial charge in [-0.1, -0.05) is 75.4 Å². The lowest BCUT2D eigenvalue weighted by Gasteiger charge is -2.38. The van der Waals surface area contributed by atoms with Crippen LogP contribution in [0, 0.1) is 0 Å². The van der Waals surface area contributed by atoms with Crippen LogP contribution < -0.4 is 0 Å². The first-order chi connectivity index (χ1) is 14.9. The molecule has 0 bridgehead atoms. The average molecular weight is 460 g/mol. The van der Waals surface area contributed by atoms with Crippen molar-refractivity contribution in [3.8, 4) is 11.1 Å². The van der Waals surface area contributed by atoms with Gasteiger partial charge in [0.2, 0.25) is 5.91 Å². The van der Waals surface area contributed by atoms with Crippen LogP contribution in [0.15, 0.2) is 54.6 Å². The standard InChI is InChI=1S/C26H35F2NO2Si/c1-25(2,3)32(4,5)31-19-26(27,28)18-23(29-17-9-12-24(29)30)22-15-13-21(14-16-22)20-10-7-6-8-11-20/h6-8,10-11,13-16,23H,9,12,17-19H2,1-5H3. The van der Waals surface area contributed by atoms with E-state index in [1.165, 1.54) is 0 Å². The van der Waals surface area contributed by atoms with Crippen LogP contribution in [0.3, 0.4) is 0 Å². The maximum absolute atomic E-state index is 15.2. The topological polar surface area (TPSA) is 29.5 Å². The van der Waals surface area contributed by atoms with Gasteiger partial charge in [0.05, 0.1) is 12.6 Å². The number of halogens is 2. The van der Waals surface area contributed by atoms with E-state index in [0.29, 0.717) is 19.4 Å². The Morgan fingerprint density at radius 1 is 1.00 bits per heavy atom. The van der Waals surface area contributed by atoms with Crippen molar-refractivity contribution < 1.29 is 18.0 Å². The van der Waals surface area contributed by atoms with E-state index < -0.39 is 33.3 Å². The first-order valence-electron chi connectivity index (χ1n) is 11.4. The first kappa shape index (κ1) is 24.6. The minimum absolute atomic E-state index is 0.0525. The molecule has 3 nitrogen and oxygen atoms in total. The second-order valence-electron chi connectivity index (χ2n) is 10.3. The number of carbonyl (C=O) groups is 1. The second kappa shape index (κ2) is 9.44. The smallest absolute Gasteiger partial charge is 0.272 e. The zero-order chi connectivity index (χ0) is 23.6. The number of rotatable bonds is 8. The molecule has 1 heterocycles. The average Bonchev–Trinajstić information content (AvgIpc) is 3.16. The summed E-state index contributed by atoms with van der Waals surface area (Å²) < 4.78 is 36.2. The van der Waals surface area contributed by atoms with Gasteiger partial charge in [0.1, 0.15) is 0 Å². The maximum Gasteiger partial charge on any atom is 0.272 e. The summed E-state index contributed by atoms with van der Waals surface area (Å²) in [5.74, 6) is -3.08. The lowest BCUT2D eigenvalue weighted by Crippen LogP contribution is -2.45. The fraction of sp³-hybridized carbons (Fsp3) is 0.500. The van der Waals surface area contributed by atoms with Crippen LogP contribution >= 0.6 is 0 Å². The van der Waals surface area contributed by atoms with E-state index in [0.717, 1.165) is 16.7 Å². The van der Waals surface area contributed by atoms with Crippen LogP contribution in [0.4, 0.5) is 8.78 Å². The summed E-state index contributed by atoms with van der Waals surface area (Å²) in [5.41, 5.74) is 2.83. The van der Waals surface area contributed by atoms with Crippen LogP contribution in [0.5, 0.6) is 0 Å². The molecule has 1 fully saturated rings. The third kappa shape index (κ3) is 5.84. The third-order valence-electron chi connectivity index (χ3n) is 6.83. The van der Waals surface area contributed by atoms with Crippen molar-refractivity contribution in [1.29, 1.82) is 0 Å². The molecule has 32 heavy (non-hydrogen) atoms. The molecule has 2 aromatic rings. The van der Waals surface area contributed by atoms with Gasteiger partial charge in [0.15, 0.2) is 8.32 Å². The van der Waals surface area contributed by atoms with Crippen molar-refractivity contribution in [2.75, 3.05) is 13.2 Å².